The van der Waals surface area contributed by atoms with Crippen molar-refractivity contribution in [2.24, 2.45) is 0 Å². The molecule has 2 aromatic heterocycles. The fourth-order valence-electron chi connectivity index (χ4n) is 6.46. The minimum Gasteiger partial charge on any atom is -0.495 e. The molecule has 3 aliphatic heterocycles. The number of benzene rings is 1. The van der Waals surface area contributed by atoms with Crippen LogP contribution in [0.2, 0.25) is 0 Å². The van der Waals surface area contributed by atoms with Crippen molar-refractivity contribution in [1.29, 1.82) is 0 Å². The Morgan fingerprint density at radius 1 is 1.15 bits per heavy atom. The zero-order valence-electron chi connectivity index (χ0n) is 25.1. The van der Waals surface area contributed by atoms with Gasteiger partial charge in [-0.25, -0.2) is 0 Å². The lowest BCUT2D eigenvalue weighted by molar-refractivity contribution is -0.137. The minimum atomic E-state index is -0.559. The minimum absolute atomic E-state index is 0.0415. The quantitative estimate of drug-likeness (QED) is 0.320. The van der Waals surface area contributed by atoms with Crippen molar-refractivity contribution >= 4 is 17.2 Å². The van der Waals surface area contributed by atoms with E-state index in [0.717, 1.165) is 67.0 Å². The molecule has 1 saturated heterocycles. The molecule has 0 unspecified atom stereocenters. The summed E-state index contributed by atoms with van der Waals surface area (Å²) in [4.78, 5) is 17.6. The maximum absolute atomic E-state index is 14.3. The third-order valence-corrected chi connectivity index (χ3v) is 9.24. The number of methoxy groups -OCH3 is 1. The van der Waals surface area contributed by atoms with Crippen molar-refractivity contribution in [3.63, 3.8) is 0 Å². The number of ether oxygens (including phenoxy) is 3. The molecule has 0 bridgehead atoms. The summed E-state index contributed by atoms with van der Waals surface area (Å²) >= 11 is 1.74. The second-order valence-corrected chi connectivity index (χ2v) is 13.6. The summed E-state index contributed by atoms with van der Waals surface area (Å²) in [5.41, 5.74) is 7.40. The van der Waals surface area contributed by atoms with Crippen LogP contribution in [0.25, 0.3) is 21.7 Å². The molecule has 3 aliphatic rings. The van der Waals surface area contributed by atoms with Crippen LogP contribution in [0.4, 0.5) is 0 Å². The lowest BCUT2D eigenvalue weighted by Crippen LogP contribution is -2.47. The number of amides is 1. The molecule has 1 atom stereocenters. The van der Waals surface area contributed by atoms with Crippen LogP contribution in [0, 0.1) is 11.8 Å². The van der Waals surface area contributed by atoms with Crippen molar-refractivity contribution < 1.29 is 19.0 Å². The summed E-state index contributed by atoms with van der Waals surface area (Å²) in [6.45, 7) is 12.4. The number of rotatable bonds is 3. The van der Waals surface area contributed by atoms with E-state index in [-0.39, 0.29) is 17.6 Å². The van der Waals surface area contributed by atoms with E-state index in [2.05, 4.69) is 71.7 Å². The van der Waals surface area contributed by atoms with E-state index in [4.69, 9.17) is 14.2 Å². The van der Waals surface area contributed by atoms with Gasteiger partial charge in [0, 0.05) is 41.1 Å². The van der Waals surface area contributed by atoms with E-state index in [0.29, 0.717) is 13.0 Å². The largest absolute Gasteiger partial charge is 0.495 e. The monoisotopic (exact) mass is 572 g/mol. The number of aryl methyl sites for hydroxylation is 1. The van der Waals surface area contributed by atoms with Crippen LogP contribution in [-0.4, -0.2) is 53.1 Å². The third kappa shape index (κ3) is 5.22. The first kappa shape index (κ1) is 28.1. The van der Waals surface area contributed by atoms with Gasteiger partial charge in [0.15, 0.2) is 5.79 Å². The number of carbonyl (C=O) groups is 1. The van der Waals surface area contributed by atoms with Gasteiger partial charge < -0.3 is 23.7 Å². The van der Waals surface area contributed by atoms with Gasteiger partial charge in [0.2, 0.25) is 0 Å². The number of carbonyl (C=O) groups excluding carboxylic acids is 1. The molecular weight excluding hydrogens is 532 g/mol. The molecule has 0 aliphatic carbocycles. The number of nitrogens with zero attached hydrogens (tertiary/aromatic N) is 2. The molecule has 41 heavy (non-hydrogen) atoms. The van der Waals surface area contributed by atoms with E-state index in [1.807, 2.05) is 13.8 Å². The van der Waals surface area contributed by atoms with Crippen molar-refractivity contribution in [3.05, 3.63) is 52.0 Å². The highest BCUT2D eigenvalue weighted by molar-refractivity contribution is 7.13. The predicted octanol–water partition coefficient (Wildman–Crippen LogP) is 6.92. The van der Waals surface area contributed by atoms with E-state index >= 15 is 0 Å². The normalized spacial score (nSPS) is 19.9. The second kappa shape index (κ2) is 10.7. The van der Waals surface area contributed by atoms with Gasteiger partial charge in [0.25, 0.3) is 5.91 Å². The first-order valence-electron chi connectivity index (χ1n) is 14.7. The van der Waals surface area contributed by atoms with Crippen LogP contribution < -0.4 is 4.74 Å². The molecule has 1 amide bonds. The van der Waals surface area contributed by atoms with Crippen molar-refractivity contribution in [3.8, 4) is 39.3 Å². The Morgan fingerprint density at radius 3 is 2.66 bits per heavy atom. The standard InChI is InChI=1S/C34H40N2O4S/c1-33(2,3)36-16-8-7-13-25-29(28-14-10-18-41-28)30-26-19-23(11-9-12-24-21-39-34(4,5)40-24)27(38-6)20-22(26)15-17-35(30)31(25)32(36)37/h10,14,18-20,24H,7-8,12-13,15-17,21H2,1-6H3/t24-/m1/s1. The zero-order chi connectivity index (χ0) is 28.9. The van der Waals surface area contributed by atoms with E-state index in [1.54, 1.807) is 18.4 Å². The molecule has 0 spiro atoms. The molecule has 0 radical (unpaired) electrons. The Morgan fingerprint density at radius 2 is 1.98 bits per heavy atom. The van der Waals surface area contributed by atoms with Crippen LogP contribution in [0.3, 0.4) is 0 Å². The predicted molar refractivity (Wildman–Crippen MR) is 164 cm³/mol. The Labute approximate surface area is 247 Å². The molecule has 5 heterocycles. The van der Waals surface area contributed by atoms with Gasteiger partial charge in [0.05, 0.1) is 31.1 Å². The molecule has 6 nitrogen and oxygen atoms in total. The van der Waals surface area contributed by atoms with Gasteiger partial charge in [0.1, 0.15) is 11.4 Å². The molecule has 0 N–H and O–H groups in total. The smallest absolute Gasteiger partial charge is 0.271 e. The number of aromatic nitrogens is 1. The summed E-state index contributed by atoms with van der Waals surface area (Å²) in [7, 11) is 1.71. The number of fused-ring (bicyclic) bond motifs is 5. The molecule has 6 rings (SSSR count). The summed E-state index contributed by atoms with van der Waals surface area (Å²) in [6.07, 6.45) is 4.36. The van der Waals surface area contributed by atoms with Crippen LogP contribution in [0.15, 0.2) is 29.6 Å². The Bertz CT molecular complexity index is 1530. The number of hydrogen-bond acceptors (Lipinski definition) is 5. The number of thiophene rings is 1. The summed E-state index contributed by atoms with van der Waals surface area (Å²) in [5, 5.41) is 2.13. The van der Waals surface area contributed by atoms with Crippen LogP contribution >= 0.6 is 11.3 Å². The van der Waals surface area contributed by atoms with Gasteiger partial charge in [-0.1, -0.05) is 17.9 Å². The van der Waals surface area contributed by atoms with Gasteiger partial charge in [-0.2, -0.15) is 0 Å². The lowest BCUT2D eigenvalue weighted by atomic mass is 9.91. The van der Waals surface area contributed by atoms with E-state index in [9.17, 15) is 4.79 Å². The molecule has 216 valence electrons. The van der Waals surface area contributed by atoms with Crippen molar-refractivity contribution in [2.75, 3.05) is 20.3 Å². The third-order valence-electron chi connectivity index (χ3n) is 8.35. The molecule has 3 aromatic rings. The van der Waals surface area contributed by atoms with Crippen LogP contribution in [0.5, 0.6) is 5.75 Å². The van der Waals surface area contributed by atoms with Crippen LogP contribution in [0.1, 0.15) is 81.1 Å². The first-order chi connectivity index (χ1) is 19.6. The highest BCUT2D eigenvalue weighted by Crippen LogP contribution is 2.47. The average Bonchev–Trinajstić information content (AvgIpc) is 3.63. The lowest BCUT2D eigenvalue weighted by Gasteiger charge is -2.37. The Kier molecular flexibility index (Phi) is 7.30. The molecule has 0 saturated carbocycles. The van der Waals surface area contributed by atoms with Gasteiger partial charge in [-0.05, 0) is 95.0 Å². The molecule has 1 aromatic carbocycles. The van der Waals surface area contributed by atoms with Gasteiger partial charge >= 0.3 is 0 Å². The molecular formula is C34H40N2O4S. The summed E-state index contributed by atoms with van der Waals surface area (Å²) in [5.74, 6) is 7.07. The Balaban J connectivity index is 1.50. The molecule has 7 heteroatoms. The highest BCUT2D eigenvalue weighted by Gasteiger charge is 2.37. The van der Waals surface area contributed by atoms with Gasteiger partial charge in [-0.3, -0.25) is 4.79 Å². The van der Waals surface area contributed by atoms with Crippen molar-refractivity contribution in [1.82, 2.24) is 9.47 Å². The SMILES string of the molecule is COc1cc2c(cc1C#CC[C@@H]1COC(C)(C)O1)-c1c(-c3cccs3)c3c(n1CC2)C(=O)N(C(C)(C)C)CCCC3. The Hall–Kier alpha value is -3.05. The number of hydrogen-bond donors (Lipinski definition) is 0. The van der Waals surface area contributed by atoms with E-state index < -0.39 is 5.79 Å². The summed E-state index contributed by atoms with van der Waals surface area (Å²) in [6, 6.07) is 8.62. The fourth-order valence-corrected chi connectivity index (χ4v) is 7.26. The zero-order valence-corrected chi connectivity index (χ0v) is 25.9. The fraction of sp³-hybridized carbons (Fsp3) is 0.500. The highest BCUT2D eigenvalue weighted by atomic mass is 32.1. The maximum Gasteiger partial charge on any atom is 0.271 e. The average molecular weight is 573 g/mol. The van der Waals surface area contributed by atoms with Crippen molar-refractivity contribution in [2.45, 2.75) is 90.7 Å². The second-order valence-electron chi connectivity index (χ2n) is 12.7. The summed E-state index contributed by atoms with van der Waals surface area (Å²) < 4.78 is 19.8. The van der Waals surface area contributed by atoms with Gasteiger partial charge in [-0.15, -0.1) is 11.3 Å². The van der Waals surface area contributed by atoms with Crippen LogP contribution in [-0.2, 0) is 28.9 Å². The topological polar surface area (TPSA) is 52.9 Å². The van der Waals surface area contributed by atoms with E-state index in [1.165, 1.54) is 21.6 Å². The maximum atomic E-state index is 14.3. The first-order valence-corrected chi connectivity index (χ1v) is 15.6. The molecule has 1 fully saturated rings.